The molecule has 0 aliphatic carbocycles. The number of rotatable bonds is 6. The van der Waals surface area contributed by atoms with E-state index in [4.69, 9.17) is 9.47 Å². The number of carbonyl (C=O) groups is 1. The standard InChI is InChI=1S/C18H21NO3/c1-13-7-9-14(10-8-13)11-17(20)19-12-15-5-4-6-16(21-2)18(15)22-3/h4-10H,11-12H2,1-3H3,(H,19,20). The van der Waals surface area contributed by atoms with E-state index in [1.54, 1.807) is 14.2 Å². The van der Waals surface area contributed by atoms with Gasteiger partial charge in [0.05, 0.1) is 20.6 Å². The molecule has 2 aromatic rings. The molecule has 0 fully saturated rings. The number of methoxy groups -OCH3 is 2. The summed E-state index contributed by atoms with van der Waals surface area (Å²) in [7, 11) is 3.19. The van der Waals surface area contributed by atoms with Crippen molar-refractivity contribution in [2.75, 3.05) is 14.2 Å². The number of nitrogens with one attached hydrogen (secondary N) is 1. The van der Waals surface area contributed by atoms with Crippen LogP contribution in [0.2, 0.25) is 0 Å². The van der Waals surface area contributed by atoms with Gasteiger partial charge in [-0.15, -0.1) is 0 Å². The third-order valence-corrected chi connectivity index (χ3v) is 3.45. The fraction of sp³-hybridized carbons (Fsp3) is 0.278. The molecule has 0 spiro atoms. The van der Waals surface area contributed by atoms with Crippen molar-refractivity contribution >= 4 is 5.91 Å². The molecular weight excluding hydrogens is 278 g/mol. The van der Waals surface area contributed by atoms with Crippen molar-refractivity contribution < 1.29 is 14.3 Å². The summed E-state index contributed by atoms with van der Waals surface area (Å²) in [6, 6.07) is 13.6. The first-order valence-electron chi connectivity index (χ1n) is 7.16. The van der Waals surface area contributed by atoms with Crippen molar-refractivity contribution in [1.29, 1.82) is 0 Å². The van der Waals surface area contributed by atoms with Crippen LogP contribution in [0, 0.1) is 6.92 Å². The lowest BCUT2D eigenvalue weighted by molar-refractivity contribution is -0.120. The van der Waals surface area contributed by atoms with Gasteiger partial charge in [0.25, 0.3) is 0 Å². The van der Waals surface area contributed by atoms with Crippen LogP contribution in [-0.4, -0.2) is 20.1 Å². The van der Waals surface area contributed by atoms with Gasteiger partial charge < -0.3 is 14.8 Å². The van der Waals surface area contributed by atoms with Crippen LogP contribution >= 0.6 is 0 Å². The fourth-order valence-corrected chi connectivity index (χ4v) is 2.24. The van der Waals surface area contributed by atoms with Gasteiger partial charge in [-0.3, -0.25) is 4.79 Å². The Morgan fingerprint density at radius 1 is 1.05 bits per heavy atom. The topological polar surface area (TPSA) is 47.6 Å². The molecular formula is C18H21NO3. The van der Waals surface area contributed by atoms with Crippen LogP contribution in [0.15, 0.2) is 42.5 Å². The van der Waals surface area contributed by atoms with E-state index in [0.717, 1.165) is 11.1 Å². The summed E-state index contributed by atoms with van der Waals surface area (Å²) < 4.78 is 10.6. The van der Waals surface area contributed by atoms with Crippen LogP contribution in [0.25, 0.3) is 0 Å². The normalized spacial score (nSPS) is 10.1. The summed E-state index contributed by atoms with van der Waals surface area (Å²) in [5.41, 5.74) is 3.07. The molecule has 0 aliphatic rings. The predicted octanol–water partition coefficient (Wildman–Crippen LogP) is 2.87. The average molecular weight is 299 g/mol. The molecule has 4 nitrogen and oxygen atoms in total. The van der Waals surface area contributed by atoms with Gasteiger partial charge in [0.1, 0.15) is 0 Å². The third-order valence-electron chi connectivity index (χ3n) is 3.45. The van der Waals surface area contributed by atoms with E-state index >= 15 is 0 Å². The van der Waals surface area contributed by atoms with Gasteiger partial charge in [0.15, 0.2) is 11.5 Å². The Morgan fingerprint density at radius 3 is 2.41 bits per heavy atom. The van der Waals surface area contributed by atoms with Crippen LogP contribution in [0.3, 0.4) is 0 Å². The van der Waals surface area contributed by atoms with Gasteiger partial charge in [-0.1, -0.05) is 42.0 Å². The number of carbonyl (C=O) groups excluding carboxylic acids is 1. The Balaban J connectivity index is 1.98. The summed E-state index contributed by atoms with van der Waals surface area (Å²) in [5.74, 6) is 1.29. The van der Waals surface area contributed by atoms with Gasteiger partial charge in [0.2, 0.25) is 5.91 Å². The van der Waals surface area contributed by atoms with Crippen molar-refractivity contribution in [2.45, 2.75) is 19.9 Å². The lowest BCUT2D eigenvalue weighted by Crippen LogP contribution is -2.24. The second kappa shape index (κ2) is 7.50. The zero-order chi connectivity index (χ0) is 15.9. The summed E-state index contributed by atoms with van der Waals surface area (Å²) >= 11 is 0. The number of hydrogen-bond donors (Lipinski definition) is 1. The monoisotopic (exact) mass is 299 g/mol. The van der Waals surface area contributed by atoms with Crippen LogP contribution < -0.4 is 14.8 Å². The minimum atomic E-state index is -0.0197. The Bertz CT molecular complexity index is 635. The summed E-state index contributed by atoms with van der Waals surface area (Å²) in [5, 5.41) is 2.91. The zero-order valence-electron chi connectivity index (χ0n) is 13.2. The van der Waals surface area contributed by atoms with E-state index in [-0.39, 0.29) is 5.91 Å². The van der Waals surface area contributed by atoms with Gasteiger partial charge in [-0.05, 0) is 18.6 Å². The molecule has 0 radical (unpaired) electrons. The molecule has 0 aliphatic heterocycles. The quantitative estimate of drug-likeness (QED) is 0.892. The highest BCUT2D eigenvalue weighted by Crippen LogP contribution is 2.30. The number of benzene rings is 2. The lowest BCUT2D eigenvalue weighted by atomic mass is 10.1. The first kappa shape index (κ1) is 15.9. The molecule has 0 saturated carbocycles. The van der Waals surface area contributed by atoms with E-state index in [1.807, 2.05) is 49.4 Å². The Kier molecular flexibility index (Phi) is 5.42. The largest absolute Gasteiger partial charge is 0.493 e. The van der Waals surface area contributed by atoms with Gasteiger partial charge in [-0.25, -0.2) is 0 Å². The molecule has 4 heteroatoms. The minimum Gasteiger partial charge on any atom is -0.493 e. The first-order valence-corrected chi connectivity index (χ1v) is 7.16. The van der Waals surface area contributed by atoms with Crippen molar-refractivity contribution in [1.82, 2.24) is 5.32 Å². The maximum atomic E-state index is 12.0. The highest BCUT2D eigenvalue weighted by atomic mass is 16.5. The zero-order valence-corrected chi connectivity index (χ0v) is 13.2. The molecule has 1 N–H and O–H groups in total. The lowest BCUT2D eigenvalue weighted by Gasteiger charge is -2.13. The molecule has 116 valence electrons. The second-order valence-corrected chi connectivity index (χ2v) is 5.09. The molecule has 1 amide bonds. The first-order chi connectivity index (χ1) is 10.6. The second-order valence-electron chi connectivity index (χ2n) is 5.09. The molecule has 0 unspecified atom stereocenters. The molecule has 0 aromatic heterocycles. The van der Waals surface area contributed by atoms with Gasteiger partial charge in [0, 0.05) is 12.1 Å². The van der Waals surface area contributed by atoms with Crippen LogP contribution in [0.4, 0.5) is 0 Å². The van der Waals surface area contributed by atoms with Gasteiger partial charge in [-0.2, -0.15) is 0 Å². The number of para-hydroxylation sites is 1. The van der Waals surface area contributed by atoms with E-state index in [2.05, 4.69) is 5.32 Å². The third kappa shape index (κ3) is 4.01. The molecule has 0 bridgehead atoms. The Morgan fingerprint density at radius 2 is 1.77 bits per heavy atom. The SMILES string of the molecule is COc1cccc(CNC(=O)Cc2ccc(C)cc2)c1OC. The van der Waals surface area contributed by atoms with E-state index in [0.29, 0.717) is 24.5 Å². The molecule has 22 heavy (non-hydrogen) atoms. The van der Waals surface area contributed by atoms with Crippen molar-refractivity contribution in [2.24, 2.45) is 0 Å². The Hall–Kier alpha value is -2.49. The molecule has 0 atom stereocenters. The van der Waals surface area contributed by atoms with E-state index < -0.39 is 0 Å². The van der Waals surface area contributed by atoms with Crippen molar-refractivity contribution in [3.05, 3.63) is 59.2 Å². The smallest absolute Gasteiger partial charge is 0.224 e. The molecule has 0 heterocycles. The minimum absolute atomic E-state index is 0.0197. The van der Waals surface area contributed by atoms with Crippen molar-refractivity contribution in [3.63, 3.8) is 0 Å². The maximum absolute atomic E-state index is 12.0. The number of ether oxygens (including phenoxy) is 2. The Labute approximate surface area is 131 Å². The van der Waals surface area contributed by atoms with Crippen LogP contribution in [0.1, 0.15) is 16.7 Å². The highest BCUT2D eigenvalue weighted by molar-refractivity contribution is 5.78. The fourth-order valence-electron chi connectivity index (χ4n) is 2.24. The summed E-state index contributed by atoms with van der Waals surface area (Å²) in [4.78, 5) is 12.0. The number of aryl methyl sites for hydroxylation is 1. The predicted molar refractivity (Wildman–Crippen MR) is 86.3 cm³/mol. The highest BCUT2D eigenvalue weighted by Gasteiger charge is 2.10. The maximum Gasteiger partial charge on any atom is 0.224 e. The summed E-state index contributed by atoms with van der Waals surface area (Å²) in [6.45, 7) is 2.43. The number of hydrogen-bond acceptors (Lipinski definition) is 3. The molecule has 0 saturated heterocycles. The van der Waals surface area contributed by atoms with Gasteiger partial charge >= 0.3 is 0 Å². The van der Waals surface area contributed by atoms with Crippen LogP contribution in [0.5, 0.6) is 11.5 Å². The number of amides is 1. The molecule has 2 aromatic carbocycles. The average Bonchev–Trinajstić information content (AvgIpc) is 2.54. The van der Waals surface area contributed by atoms with E-state index in [9.17, 15) is 4.79 Å². The van der Waals surface area contributed by atoms with Crippen LogP contribution in [-0.2, 0) is 17.8 Å². The van der Waals surface area contributed by atoms with Crippen molar-refractivity contribution in [3.8, 4) is 11.5 Å². The van der Waals surface area contributed by atoms with E-state index in [1.165, 1.54) is 5.56 Å². The summed E-state index contributed by atoms with van der Waals surface area (Å²) in [6.07, 6.45) is 0.368. The molecule has 2 rings (SSSR count).